The fraction of sp³-hybridized carbons (Fsp3) is 1.00. The third-order valence-corrected chi connectivity index (χ3v) is 4.56. The molecule has 0 spiro atoms. The van der Waals surface area contributed by atoms with Gasteiger partial charge in [0.1, 0.15) is 0 Å². The van der Waals surface area contributed by atoms with E-state index in [-0.39, 0.29) is 6.61 Å². The van der Waals surface area contributed by atoms with E-state index in [4.69, 9.17) is 5.11 Å². The van der Waals surface area contributed by atoms with Gasteiger partial charge in [-0.3, -0.25) is 4.90 Å². The molecule has 1 N–H and O–H groups in total. The van der Waals surface area contributed by atoms with Crippen molar-refractivity contribution in [3.8, 4) is 0 Å². The quantitative estimate of drug-likeness (QED) is 0.790. The van der Waals surface area contributed by atoms with Gasteiger partial charge < -0.3 is 10.0 Å². The van der Waals surface area contributed by atoms with E-state index in [2.05, 4.69) is 16.8 Å². The van der Waals surface area contributed by atoms with Crippen LogP contribution in [0.5, 0.6) is 0 Å². The average Bonchev–Trinajstić information content (AvgIpc) is 2.79. The number of rotatable bonds is 5. The summed E-state index contributed by atoms with van der Waals surface area (Å²) in [5.41, 5.74) is 0. The minimum Gasteiger partial charge on any atom is -0.395 e. The summed E-state index contributed by atoms with van der Waals surface area (Å²) in [5, 5.41) is 8.97. The number of hydrogen-bond donors (Lipinski definition) is 1. The van der Waals surface area contributed by atoms with Crippen molar-refractivity contribution in [2.45, 2.75) is 44.6 Å². The molecular formula is C14H28N2O. The van der Waals surface area contributed by atoms with E-state index in [9.17, 15) is 0 Å². The molecule has 3 heteroatoms. The molecule has 0 amide bonds. The molecular weight excluding hydrogens is 212 g/mol. The zero-order valence-electron chi connectivity index (χ0n) is 11.3. The first kappa shape index (κ1) is 13.3. The molecule has 17 heavy (non-hydrogen) atoms. The first-order chi connectivity index (χ1) is 8.29. The Bertz CT molecular complexity index is 216. The molecule has 1 heterocycles. The van der Waals surface area contributed by atoms with Crippen LogP contribution in [0.3, 0.4) is 0 Å². The van der Waals surface area contributed by atoms with E-state index in [1.807, 2.05) is 0 Å². The number of aliphatic hydroxyl groups excluding tert-OH is 1. The second-order valence-corrected chi connectivity index (χ2v) is 5.91. The number of likely N-dealkylation sites (N-methyl/N-ethyl adjacent to an activating group) is 1. The first-order valence-corrected chi connectivity index (χ1v) is 7.33. The summed E-state index contributed by atoms with van der Waals surface area (Å²) < 4.78 is 0. The van der Waals surface area contributed by atoms with E-state index in [1.54, 1.807) is 0 Å². The maximum absolute atomic E-state index is 8.97. The summed E-state index contributed by atoms with van der Waals surface area (Å²) in [6, 6.07) is 0.672. The van der Waals surface area contributed by atoms with Gasteiger partial charge in [-0.2, -0.15) is 0 Å². The van der Waals surface area contributed by atoms with Crippen molar-refractivity contribution < 1.29 is 5.11 Å². The molecule has 2 fully saturated rings. The van der Waals surface area contributed by atoms with Gasteiger partial charge in [-0.1, -0.05) is 19.3 Å². The lowest BCUT2D eigenvalue weighted by Crippen LogP contribution is -2.37. The molecule has 3 nitrogen and oxygen atoms in total. The number of likely N-dealkylation sites (tertiary alicyclic amines) is 1. The summed E-state index contributed by atoms with van der Waals surface area (Å²) in [4.78, 5) is 4.97. The van der Waals surface area contributed by atoms with Crippen LogP contribution < -0.4 is 0 Å². The summed E-state index contributed by atoms with van der Waals surface area (Å²) in [7, 11) is 2.14. The van der Waals surface area contributed by atoms with Crippen LogP contribution in [0, 0.1) is 5.92 Å². The molecule has 0 aromatic heterocycles. The lowest BCUT2D eigenvalue weighted by atomic mass is 9.89. The van der Waals surface area contributed by atoms with Gasteiger partial charge in [-0.05, 0) is 38.8 Å². The van der Waals surface area contributed by atoms with Crippen LogP contribution in [0.15, 0.2) is 0 Å². The molecule has 0 aromatic carbocycles. The van der Waals surface area contributed by atoms with Crippen LogP contribution in [-0.4, -0.2) is 60.8 Å². The molecule has 1 atom stereocenters. The highest BCUT2D eigenvalue weighted by Crippen LogP contribution is 2.26. The molecule has 2 rings (SSSR count). The van der Waals surface area contributed by atoms with Crippen LogP contribution in [0.25, 0.3) is 0 Å². The number of aliphatic hydroxyl groups is 1. The zero-order chi connectivity index (χ0) is 12.1. The Morgan fingerprint density at radius 3 is 2.65 bits per heavy atom. The fourth-order valence-electron chi connectivity index (χ4n) is 3.41. The lowest BCUT2D eigenvalue weighted by molar-refractivity contribution is 0.170. The second kappa shape index (κ2) is 6.72. The monoisotopic (exact) mass is 240 g/mol. The highest BCUT2D eigenvalue weighted by Gasteiger charge is 2.27. The van der Waals surface area contributed by atoms with Crippen LogP contribution >= 0.6 is 0 Å². The molecule has 0 aromatic rings. The van der Waals surface area contributed by atoms with Crippen molar-refractivity contribution in [2.75, 3.05) is 39.8 Å². The van der Waals surface area contributed by atoms with Crippen molar-refractivity contribution in [1.82, 2.24) is 9.80 Å². The Morgan fingerprint density at radius 1 is 1.18 bits per heavy atom. The van der Waals surface area contributed by atoms with Gasteiger partial charge in [0.05, 0.1) is 6.61 Å². The maximum Gasteiger partial charge on any atom is 0.0558 e. The Labute approximate surface area is 106 Å². The first-order valence-electron chi connectivity index (χ1n) is 7.33. The summed E-state index contributed by atoms with van der Waals surface area (Å²) in [6.45, 7) is 4.91. The third kappa shape index (κ3) is 3.94. The fourth-order valence-corrected chi connectivity index (χ4v) is 3.41. The molecule has 0 radical (unpaired) electrons. The van der Waals surface area contributed by atoms with Crippen LogP contribution in [-0.2, 0) is 0 Å². The van der Waals surface area contributed by atoms with Crippen LogP contribution in [0.2, 0.25) is 0 Å². The van der Waals surface area contributed by atoms with Gasteiger partial charge in [0.15, 0.2) is 0 Å². The van der Waals surface area contributed by atoms with Crippen molar-refractivity contribution in [2.24, 2.45) is 5.92 Å². The largest absolute Gasteiger partial charge is 0.395 e. The Morgan fingerprint density at radius 2 is 1.94 bits per heavy atom. The van der Waals surface area contributed by atoms with E-state index in [0.29, 0.717) is 6.04 Å². The van der Waals surface area contributed by atoms with E-state index in [1.165, 1.54) is 58.2 Å². The minimum atomic E-state index is 0.287. The smallest absolute Gasteiger partial charge is 0.0558 e. The highest BCUT2D eigenvalue weighted by atomic mass is 16.3. The van der Waals surface area contributed by atoms with Gasteiger partial charge >= 0.3 is 0 Å². The molecule has 100 valence electrons. The summed E-state index contributed by atoms with van der Waals surface area (Å²) >= 11 is 0. The summed E-state index contributed by atoms with van der Waals surface area (Å²) in [6.07, 6.45) is 8.54. The Balaban J connectivity index is 1.69. The Kier molecular flexibility index (Phi) is 5.26. The Hall–Kier alpha value is -0.120. The molecule has 1 unspecified atom stereocenters. The highest BCUT2D eigenvalue weighted by molar-refractivity contribution is 4.83. The number of nitrogens with zero attached hydrogens (tertiary/aromatic N) is 2. The normalized spacial score (nSPS) is 28.1. The molecule has 1 saturated carbocycles. The van der Waals surface area contributed by atoms with Gasteiger partial charge in [0, 0.05) is 25.7 Å². The zero-order valence-corrected chi connectivity index (χ0v) is 11.3. The SMILES string of the molecule is CN(CCO)C1CCN(CC2CCCCC2)C1. The molecule has 1 aliphatic carbocycles. The molecule has 0 bridgehead atoms. The van der Waals surface area contributed by atoms with Crippen molar-refractivity contribution in [3.63, 3.8) is 0 Å². The topological polar surface area (TPSA) is 26.7 Å². The van der Waals surface area contributed by atoms with E-state index >= 15 is 0 Å². The van der Waals surface area contributed by atoms with E-state index < -0.39 is 0 Å². The summed E-state index contributed by atoms with van der Waals surface area (Å²) in [5.74, 6) is 0.964. The van der Waals surface area contributed by atoms with Gasteiger partial charge in [0.25, 0.3) is 0 Å². The second-order valence-electron chi connectivity index (χ2n) is 5.91. The molecule has 1 saturated heterocycles. The molecule has 2 aliphatic rings. The van der Waals surface area contributed by atoms with Crippen molar-refractivity contribution in [3.05, 3.63) is 0 Å². The predicted molar refractivity (Wildman–Crippen MR) is 71.1 cm³/mol. The minimum absolute atomic E-state index is 0.287. The van der Waals surface area contributed by atoms with Crippen molar-refractivity contribution >= 4 is 0 Å². The average molecular weight is 240 g/mol. The predicted octanol–water partition coefficient (Wildman–Crippen LogP) is 1.57. The molecule has 1 aliphatic heterocycles. The van der Waals surface area contributed by atoms with Crippen LogP contribution in [0.1, 0.15) is 38.5 Å². The third-order valence-electron chi connectivity index (χ3n) is 4.56. The van der Waals surface area contributed by atoms with Crippen molar-refractivity contribution in [1.29, 1.82) is 0 Å². The van der Waals surface area contributed by atoms with Gasteiger partial charge in [-0.25, -0.2) is 0 Å². The number of hydrogen-bond acceptors (Lipinski definition) is 3. The van der Waals surface area contributed by atoms with E-state index in [0.717, 1.165) is 12.5 Å². The van der Waals surface area contributed by atoms with Gasteiger partial charge in [-0.15, -0.1) is 0 Å². The maximum atomic E-state index is 8.97. The standard InChI is InChI=1S/C14H28N2O/c1-15(9-10-17)14-7-8-16(12-14)11-13-5-3-2-4-6-13/h13-14,17H,2-12H2,1H3. The van der Waals surface area contributed by atoms with Crippen LogP contribution in [0.4, 0.5) is 0 Å². The van der Waals surface area contributed by atoms with Gasteiger partial charge in [0.2, 0.25) is 0 Å². The lowest BCUT2D eigenvalue weighted by Gasteiger charge is -2.28.